The van der Waals surface area contributed by atoms with Crippen LogP contribution in [0.4, 0.5) is 0 Å². The molecule has 0 heterocycles. The van der Waals surface area contributed by atoms with Crippen molar-refractivity contribution >= 4 is 29.9 Å². The summed E-state index contributed by atoms with van der Waals surface area (Å²) in [5.74, 6) is 0.838. The molecular formula is C15H26IN3O. The summed E-state index contributed by atoms with van der Waals surface area (Å²) in [5, 5.41) is 6.48. The van der Waals surface area contributed by atoms with Crippen molar-refractivity contribution in [2.24, 2.45) is 4.99 Å². The number of hydrogen-bond donors (Lipinski definition) is 2. The van der Waals surface area contributed by atoms with Crippen molar-refractivity contribution in [1.29, 1.82) is 0 Å². The van der Waals surface area contributed by atoms with Gasteiger partial charge in [-0.05, 0) is 24.5 Å². The van der Waals surface area contributed by atoms with E-state index in [1.807, 2.05) is 0 Å². The third-order valence-electron chi connectivity index (χ3n) is 2.85. The summed E-state index contributed by atoms with van der Waals surface area (Å²) in [6, 6.07) is 8.44. The van der Waals surface area contributed by atoms with Crippen LogP contribution in [0.1, 0.15) is 25.0 Å². The lowest BCUT2D eigenvalue weighted by Gasteiger charge is -2.11. The van der Waals surface area contributed by atoms with Crippen LogP contribution in [0.2, 0.25) is 0 Å². The Kier molecular flexibility index (Phi) is 11.5. The Morgan fingerprint density at radius 2 is 1.85 bits per heavy atom. The zero-order chi connectivity index (χ0) is 13.9. The standard InChI is InChI=1S/C15H25N3O.HI/c1-4-13-8-6-7-9-14(13)12-18-15(16-5-2)17-10-11-19-3;/h6-9H,4-5,10-12H2,1-3H3,(H2,16,17,18);1H. The van der Waals surface area contributed by atoms with Gasteiger partial charge in [-0.3, -0.25) is 0 Å². The van der Waals surface area contributed by atoms with Gasteiger partial charge < -0.3 is 15.4 Å². The smallest absolute Gasteiger partial charge is 0.191 e. The molecule has 114 valence electrons. The third-order valence-corrected chi connectivity index (χ3v) is 2.85. The maximum absolute atomic E-state index is 5.02. The largest absolute Gasteiger partial charge is 0.383 e. The first-order valence-corrected chi connectivity index (χ1v) is 6.89. The van der Waals surface area contributed by atoms with Gasteiger partial charge in [0, 0.05) is 20.2 Å². The van der Waals surface area contributed by atoms with Crippen molar-refractivity contribution in [2.75, 3.05) is 26.8 Å². The highest BCUT2D eigenvalue weighted by atomic mass is 127. The maximum Gasteiger partial charge on any atom is 0.191 e. The van der Waals surface area contributed by atoms with Crippen molar-refractivity contribution in [3.63, 3.8) is 0 Å². The van der Waals surface area contributed by atoms with Gasteiger partial charge in [-0.15, -0.1) is 24.0 Å². The van der Waals surface area contributed by atoms with E-state index in [9.17, 15) is 0 Å². The van der Waals surface area contributed by atoms with E-state index in [0.717, 1.165) is 25.5 Å². The molecule has 0 aliphatic heterocycles. The molecule has 0 saturated carbocycles. The molecule has 1 aromatic rings. The number of halogens is 1. The summed E-state index contributed by atoms with van der Waals surface area (Å²) in [6.45, 7) is 7.23. The van der Waals surface area contributed by atoms with E-state index in [-0.39, 0.29) is 24.0 Å². The Hall–Kier alpha value is -0.820. The van der Waals surface area contributed by atoms with Crippen molar-refractivity contribution in [3.05, 3.63) is 35.4 Å². The quantitative estimate of drug-likeness (QED) is 0.325. The summed E-state index contributed by atoms with van der Waals surface area (Å²) >= 11 is 0. The van der Waals surface area contributed by atoms with E-state index in [0.29, 0.717) is 13.2 Å². The molecule has 2 N–H and O–H groups in total. The molecule has 0 atom stereocenters. The van der Waals surface area contributed by atoms with Gasteiger partial charge in [0.15, 0.2) is 5.96 Å². The summed E-state index contributed by atoms with van der Waals surface area (Å²) in [5.41, 5.74) is 2.65. The van der Waals surface area contributed by atoms with Gasteiger partial charge in [0.2, 0.25) is 0 Å². The van der Waals surface area contributed by atoms with Crippen molar-refractivity contribution in [1.82, 2.24) is 10.6 Å². The third kappa shape index (κ3) is 7.09. The van der Waals surface area contributed by atoms with Crippen molar-refractivity contribution in [3.8, 4) is 0 Å². The Bertz CT molecular complexity index is 396. The molecular weight excluding hydrogens is 365 g/mol. The minimum absolute atomic E-state index is 0. The van der Waals surface area contributed by atoms with Crippen LogP contribution in [0.3, 0.4) is 0 Å². The number of hydrogen-bond acceptors (Lipinski definition) is 2. The van der Waals surface area contributed by atoms with E-state index in [2.05, 4.69) is 53.7 Å². The Balaban J connectivity index is 0.00000361. The molecule has 4 nitrogen and oxygen atoms in total. The fraction of sp³-hybridized carbons (Fsp3) is 0.533. The lowest BCUT2D eigenvalue weighted by Crippen LogP contribution is -2.38. The molecule has 0 aliphatic carbocycles. The number of nitrogens with one attached hydrogen (secondary N) is 2. The van der Waals surface area contributed by atoms with Gasteiger partial charge >= 0.3 is 0 Å². The van der Waals surface area contributed by atoms with Gasteiger partial charge in [0.25, 0.3) is 0 Å². The molecule has 0 unspecified atom stereocenters. The molecule has 5 heteroatoms. The topological polar surface area (TPSA) is 45.7 Å². The first-order chi connectivity index (χ1) is 9.31. The fourth-order valence-electron chi connectivity index (χ4n) is 1.83. The Labute approximate surface area is 139 Å². The number of guanidine groups is 1. The normalized spacial score (nSPS) is 10.8. The lowest BCUT2D eigenvalue weighted by molar-refractivity contribution is 0.203. The van der Waals surface area contributed by atoms with E-state index in [1.54, 1.807) is 7.11 Å². The fourth-order valence-corrected chi connectivity index (χ4v) is 1.83. The van der Waals surface area contributed by atoms with Crippen LogP contribution in [0, 0.1) is 0 Å². The van der Waals surface area contributed by atoms with Crippen LogP contribution in [0.15, 0.2) is 29.3 Å². The van der Waals surface area contributed by atoms with E-state index in [4.69, 9.17) is 4.74 Å². The molecule has 1 aromatic carbocycles. The van der Waals surface area contributed by atoms with Gasteiger partial charge in [0.05, 0.1) is 13.2 Å². The highest BCUT2D eigenvalue weighted by Gasteiger charge is 2.00. The van der Waals surface area contributed by atoms with Crippen molar-refractivity contribution < 1.29 is 4.74 Å². The van der Waals surface area contributed by atoms with Crippen LogP contribution in [0.25, 0.3) is 0 Å². The minimum atomic E-state index is 0. The molecule has 0 amide bonds. The molecule has 0 aliphatic rings. The number of aryl methyl sites for hydroxylation is 1. The monoisotopic (exact) mass is 391 g/mol. The molecule has 0 fully saturated rings. The summed E-state index contributed by atoms with van der Waals surface area (Å²) in [4.78, 5) is 4.60. The molecule has 0 bridgehead atoms. The second-order valence-corrected chi connectivity index (χ2v) is 4.24. The average molecular weight is 391 g/mol. The van der Waals surface area contributed by atoms with Crippen molar-refractivity contribution in [2.45, 2.75) is 26.8 Å². The zero-order valence-electron chi connectivity index (χ0n) is 12.6. The maximum atomic E-state index is 5.02. The number of methoxy groups -OCH3 is 1. The van der Waals surface area contributed by atoms with Crippen LogP contribution >= 0.6 is 24.0 Å². The van der Waals surface area contributed by atoms with Crippen LogP contribution in [-0.2, 0) is 17.7 Å². The predicted molar refractivity (Wildman–Crippen MR) is 95.9 cm³/mol. The SMILES string of the molecule is CCNC(=NCc1ccccc1CC)NCCOC.I. The molecule has 0 saturated heterocycles. The van der Waals surface area contributed by atoms with E-state index >= 15 is 0 Å². The zero-order valence-corrected chi connectivity index (χ0v) is 14.9. The summed E-state index contributed by atoms with van der Waals surface area (Å²) in [7, 11) is 1.70. The number of benzene rings is 1. The molecule has 20 heavy (non-hydrogen) atoms. The number of aliphatic imine (C=N–C) groups is 1. The lowest BCUT2D eigenvalue weighted by atomic mass is 10.1. The average Bonchev–Trinajstić information content (AvgIpc) is 2.45. The molecule has 0 spiro atoms. The molecule has 0 aromatic heterocycles. The van der Waals surface area contributed by atoms with Gasteiger partial charge in [-0.2, -0.15) is 0 Å². The molecule has 0 radical (unpaired) electrons. The minimum Gasteiger partial charge on any atom is -0.383 e. The molecule has 1 rings (SSSR count). The predicted octanol–water partition coefficient (Wildman–Crippen LogP) is 2.57. The van der Waals surface area contributed by atoms with Crippen LogP contribution < -0.4 is 10.6 Å². The Morgan fingerprint density at radius 3 is 2.45 bits per heavy atom. The first-order valence-electron chi connectivity index (χ1n) is 6.89. The van der Waals surface area contributed by atoms with E-state index in [1.165, 1.54) is 11.1 Å². The summed E-state index contributed by atoms with van der Waals surface area (Å²) in [6.07, 6.45) is 1.04. The van der Waals surface area contributed by atoms with Crippen LogP contribution in [0.5, 0.6) is 0 Å². The number of ether oxygens (including phenoxy) is 1. The van der Waals surface area contributed by atoms with Gasteiger partial charge in [0.1, 0.15) is 0 Å². The second kappa shape index (κ2) is 12.0. The summed E-state index contributed by atoms with van der Waals surface area (Å²) < 4.78 is 5.02. The number of rotatable bonds is 7. The number of nitrogens with zero attached hydrogens (tertiary/aromatic N) is 1. The second-order valence-electron chi connectivity index (χ2n) is 4.24. The van der Waals surface area contributed by atoms with Crippen LogP contribution in [-0.4, -0.2) is 32.8 Å². The first kappa shape index (κ1) is 19.2. The Morgan fingerprint density at radius 1 is 1.15 bits per heavy atom. The van der Waals surface area contributed by atoms with Gasteiger partial charge in [-0.25, -0.2) is 4.99 Å². The highest BCUT2D eigenvalue weighted by molar-refractivity contribution is 14.0. The highest BCUT2D eigenvalue weighted by Crippen LogP contribution is 2.10. The van der Waals surface area contributed by atoms with E-state index < -0.39 is 0 Å². The van der Waals surface area contributed by atoms with Gasteiger partial charge in [-0.1, -0.05) is 31.2 Å².